The molecule has 0 spiro atoms. The van der Waals surface area contributed by atoms with E-state index in [1.807, 2.05) is 0 Å². The Labute approximate surface area is 113 Å². The molecule has 0 bridgehead atoms. The normalized spacial score (nSPS) is 18.2. The summed E-state index contributed by atoms with van der Waals surface area (Å²) in [6.45, 7) is 1.78. The van der Waals surface area contributed by atoms with Crippen molar-refractivity contribution >= 4 is 5.97 Å². The van der Waals surface area contributed by atoms with Gasteiger partial charge in [-0.05, 0) is 31.7 Å². The van der Waals surface area contributed by atoms with Crippen molar-refractivity contribution in [3.8, 4) is 0 Å². The highest BCUT2D eigenvalue weighted by Crippen LogP contribution is 2.35. The fourth-order valence-corrected chi connectivity index (χ4v) is 2.77. The molecular formula is C14H20N2O3. The van der Waals surface area contributed by atoms with Crippen LogP contribution in [0, 0.1) is 12.8 Å². The minimum atomic E-state index is -1.02. The van der Waals surface area contributed by atoms with Gasteiger partial charge >= 0.3 is 5.97 Å². The SMILES string of the molecule is COC(c1nc(C)cc(C(=O)O)n1)C1CCCCC1. The standard InChI is InChI=1S/C14H20N2O3/c1-9-8-11(14(17)18)16-13(15-9)12(19-2)10-6-4-3-5-7-10/h8,10,12H,3-7H2,1-2H3,(H,17,18). The zero-order valence-electron chi connectivity index (χ0n) is 11.4. The maximum Gasteiger partial charge on any atom is 0.354 e. The Morgan fingerprint density at radius 1 is 1.37 bits per heavy atom. The second kappa shape index (κ2) is 6.10. The fourth-order valence-electron chi connectivity index (χ4n) is 2.77. The van der Waals surface area contributed by atoms with Crippen molar-refractivity contribution in [2.45, 2.75) is 45.1 Å². The largest absolute Gasteiger partial charge is 0.477 e. The molecule has 1 aromatic rings. The first-order valence-electron chi connectivity index (χ1n) is 6.73. The van der Waals surface area contributed by atoms with Gasteiger partial charge in [0.15, 0.2) is 11.5 Å². The van der Waals surface area contributed by atoms with Crippen molar-refractivity contribution < 1.29 is 14.6 Å². The number of ether oxygens (including phenoxy) is 1. The maximum absolute atomic E-state index is 11.1. The molecule has 1 heterocycles. The summed E-state index contributed by atoms with van der Waals surface area (Å²) >= 11 is 0. The molecule has 0 aromatic carbocycles. The van der Waals surface area contributed by atoms with Gasteiger partial charge in [0.1, 0.15) is 6.10 Å². The number of nitrogens with zero attached hydrogens (tertiary/aromatic N) is 2. The van der Waals surface area contributed by atoms with Crippen LogP contribution in [0.25, 0.3) is 0 Å². The van der Waals surface area contributed by atoms with Gasteiger partial charge in [0.2, 0.25) is 0 Å². The van der Waals surface area contributed by atoms with E-state index in [-0.39, 0.29) is 11.8 Å². The van der Waals surface area contributed by atoms with Gasteiger partial charge in [-0.25, -0.2) is 14.8 Å². The van der Waals surface area contributed by atoms with Gasteiger partial charge in [-0.3, -0.25) is 0 Å². The average Bonchev–Trinajstić information content (AvgIpc) is 2.40. The third-order valence-corrected chi connectivity index (χ3v) is 3.68. The summed E-state index contributed by atoms with van der Waals surface area (Å²) in [5, 5.41) is 9.07. The van der Waals surface area contributed by atoms with E-state index in [2.05, 4.69) is 9.97 Å². The number of hydrogen-bond acceptors (Lipinski definition) is 4. The van der Waals surface area contributed by atoms with Crippen LogP contribution in [0.5, 0.6) is 0 Å². The average molecular weight is 264 g/mol. The van der Waals surface area contributed by atoms with Crippen molar-refractivity contribution in [2.75, 3.05) is 7.11 Å². The zero-order chi connectivity index (χ0) is 13.8. The molecule has 0 saturated heterocycles. The van der Waals surface area contributed by atoms with Crippen molar-refractivity contribution in [2.24, 2.45) is 5.92 Å². The second-order valence-corrected chi connectivity index (χ2v) is 5.11. The second-order valence-electron chi connectivity index (χ2n) is 5.11. The summed E-state index contributed by atoms with van der Waals surface area (Å²) in [6.07, 6.45) is 5.65. The van der Waals surface area contributed by atoms with Crippen LogP contribution < -0.4 is 0 Å². The lowest BCUT2D eigenvalue weighted by molar-refractivity contribution is 0.0284. The zero-order valence-corrected chi connectivity index (χ0v) is 11.4. The molecular weight excluding hydrogens is 244 g/mol. The fraction of sp³-hybridized carbons (Fsp3) is 0.643. The Bertz CT molecular complexity index is 456. The highest BCUT2D eigenvalue weighted by Gasteiger charge is 2.28. The molecule has 0 amide bonds. The van der Waals surface area contributed by atoms with Gasteiger partial charge in [-0.2, -0.15) is 0 Å². The van der Waals surface area contributed by atoms with E-state index in [0.717, 1.165) is 12.8 Å². The highest BCUT2D eigenvalue weighted by molar-refractivity contribution is 5.85. The molecule has 1 unspecified atom stereocenters. The van der Waals surface area contributed by atoms with Crippen molar-refractivity contribution in [3.05, 3.63) is 23.3 Å². The summed E-state index contributed by atoms with van der Waals surface area (Å²) in [6, 6.07) is 1.49. The summed E-state index contributed by atoms with van der Waals surface area (Å²) < 4.78 is 5.55. The Morgan fingerprint density at radius 3 is 2.63 bits per heavy atom. The molecule has 1 aromatic heterocycles. The number of carbonyl (C=O) groups is 1. The summed E-state index contributed by atoms with van der Waals surface area (Å²) in [5.74, 6) is -0.126. The first-order valence-corrected chi connectivity index (χ1v) is 6.73. The van der Waals surface area contributed by atoms with Crippen LogP contribution in [0.3, 0.4) is 0 Å². The van der Waals surface area contributed by atoms with Crippen LogP contribution in [0.15, 0.2) is 6.07 Å². The first-order chi connectivity index (χ1) is 9.11. The Hall–Kier alpha value is -1.49. The van der Waals surface area contributed by atoms with Gasteiger partial charge in [-0.1, -0.05) is 19.3 Å². The van der Waals surface area contributed by atoms with Crippen LogP contribution in [-0.4, -0.2) is 28.2 Å². The number of hydrogen-bond donors (Lipinski definition) is 1. The molecule has 2 rings (SSSR count). The third-order valence-electron chi connectivity index (χ3n) is 3.68. The summed E-state index contributed by atoms with van der Waals surface area (Å²) in [5.41, 5.74) is 0.709. The Kier molecular flexibility index (Phi) is 4.47. The molecule has 1 aliphatic carbocycles. The van der Waals surface area contributed by atoms with Gasteiger partial charge in [-0.15, -0.1) is 0 Å². The van der Waals surface area contributed by atoms with E-state index in [1.54, 1.807) is 14.0 Å². The predicted molar refractivity (Wildman–Crippen MR) is 70.1 cm³/mol. The molecule has 104 valence electrons. The predicted octanol–water partition coefficient (Wildman–Crippen LogP) is 2.75. The van der Waals surface area contributed by atoms with Crippen LogP contribution in [0.2, 0.25) is 0 Å². The van der Waals surface area contributed by atoms with Gasteiger partial charge in [0.05, 0.1) is 0 Å². The number of methoxy groups -OCH3 is 1. The molecule has 1 atom stereocenters. The number of carboxylic acids is 1. The number of carboxylic acid groups (broad SMARTS) is 1. The van der Waals surface area contributed by atoms with Crippen molar-refractivity contribution in [3.63, 3.8) is 0 Å². The number of rotatable bonds is 4. The molecule has 1 N–H and O–H groups in total. The van der Waals surface area contributed by atoms with Crippen LogP contribution >= 0.6 is 0 Å². The van der Waals surface area contributed by atoms with E-state index in [9.17, 15) is 4.79 Å². The maximum atomic E-state index is 11.1. The van der Waals surface area contributed by atoms with Crippen molar-refractivity contribution in [1.82, 2.24) is 9.97 Å². The molecule has 19 heavy (non-hydrogen) atoms. The van der Waals surface area contributed by atoms with E-state index in [1.165, 1.54) is 25.3 Å². The molecule has 0 aliphatic heterocycles. The minimum absolute atomic E-state index is 0.0420. The molecule has 0 radical (unpaired) electrons. The molecule has 5 nitrogen and oxygen atoms in total. The minimum Gasteiger partial charge on any atom is -0.477 e. The molecule has 1 aliphatic rings. The van der Waals surface area contributed by atoms with E-state index < -0.39 is 5.97 Å². The van der Waals surface area contributed by atoms with Crippen LogP contribution in [-0.2, 0) is 4.74 Å². The smallest absolute Gasteiger partial charge is 0.354 e. The molecule has 5 heteroatoms. The number of aromatic nitrogens is 2. The number of aryl methyl sites for hydroxylation is 1. The van der Waals surface area contributed by atoms with E-state index in [4.69, 9.17) is 9.84 Å². The monoisotopic (exact) mass is 264 g/mol. The lowest BCUT2D eigenvalue weighted by atomic mass is 9.85. The lowest BCUT2D eigenvalue weighted by Gasteiger charge is -2.28. The number of aromatic carboxylic acids is 1. The van der Waals surface area contributed by atoms with E-state index >= 15 is 0 Å². The van der Waals surface area contributed by atoms with E-state index in [0.29, 0.717) is 17.4 Å². The Balaban J connectivity index is 2.28. The highest BCUT2D eigenvalue weighted by atomic mass is 16.5. The Morgan fingerprint density at radius 2 is 2.05 bits per heavy atom. The van der Waals surface area contributed by atoms with Crippen molar-refractivity contribution in [1.29, 1.82) is 0 Å². The molecule has 1 saturated carbocycles. The van der Waals surface area contributed by atoms with Gasteiger partial charge in [0.25, 0.3) is 0 Å². The molecule has 1 fully saturated rings. The van der Waals surface area contributed by atoms with Crippen LogP contribution in [0.4, 0.5) is 0 Å². The lowest BCUT2D eigenvalue weighted by Crippen LogP contribution is -2.21. The van der Waals surface area contributed by atoms with Gasteiger partial charge in [0, 0.05) is 12.8 Å². The van der Waals surface area contributed by atoms with Crippen LogP contribution in [0.1, 0.15) is 60.2 Å². The topological polar surface area (TPSA) is 72.3 Å². The quantitative estimate of drug-likeness (QED) is 0.905. The summed E-state index contributed by atoms with van der Waals surface area (Å²) in [4.78, 5) is 19.6. The third kappa shape index (κ3) is 3.29. The first kappa shape index (κ1) is 13.9. The summed E-state index contributed by atoms with van der Waals surface area (Å²) in [7, 11) is 1.64. The van der Waals surface area contributed by atoms with Gasteiger partial charge < -0.3 is 9.84 Å².